The molecule has 0 aromatic carbocycles. The number of nitrogens with zero attached hydrogens (tertiary/aromatic N) is 1. The summed E-state index contributed by atoms with van der Waals surface area (Å²) in [5.41, 5.74) is 0. The van der Waals surface area contributed by atoms with Crippen LogP contribution in [0.2, 0.25) is 0 Å². The standard InChI is InChI=1S/C12H12Cl3NO7/c1-4(17)21-6-3-20-10-7(8(6)22-5(2)18)9(19)16-11(23-10)12(13,14)15/h6-8,10H,3H2,1-2H3/t6-,7+,8+,10-/m0/s1. The quantitative estimate of drug-likeness (QED) is 0.516. The third-order valence-electron chi connectivity index (χ3n) is 3.02. The van der Waals surface area contributed by atoms with Gasteiger partial charge in [-0.1, -0.05) is 34.8 Å². The highest BCUT2D eigenvalue weighted by Gasteiger charge is 2.53. The zero-order chi connectivity index (χ0) is 17.4. The summed E-state index contributed by atoms with van der Waals surface area (Å²) in [6, 6.07) is 0. The van der Waals surface area contributed by atoms with Crippen LogP contribution >= 0.6 is 34.8 Å². The summed E-state index contributed by atoms with van der Waals surface area (Å²) in [5.74, 6) is -3.65. The topological polar surface area (TPSA) is 100 Å². The molecule has 23 heavy (non-hydrogen) atoms. The zero-order valence-electron chi connectivity index (χ0n) is 12.0. The highest BCUT2D eigenvalue weighted by atomic mass is 35.6. The Labute approximate surface area is 145 Å². The van der Waals surface area contributed by atoms with Gasteiger partial charge in [-0.2, -0.15) is 4.99 Å². The van der Waals surface area contributed by atoms with Crippen molar-refractivity contribution in [3.05, 3.63) is 0 Å². The molecule has 2 aliphatic rings. The van der Waals surface area contributed by atoms with Crippen LogP contribution in [0.25, 0.3) is 0 Å². The molecule has 0 spiro atoms. The van der Waals surface area contributed by atoms with Gasteiger partial charge in [0, 0.05) is 13.8 Å². The van der Waals surface area contributed by atoms with Gasteiger partial charge in [-0.3, -0.25) is 14.4 Å². The second-order valence-corrected chi connectivity index (χ2v) is 7.10. The van der Waals surface area contributed by atoms with E-state index in [9.17, 15) is 14.4 Å². The lowest BCUT2D eigenvalue weighted by atomic mass is 9.93. The van der Waals surface area contributed by atoms with E-state index in [4.69, 9.17) is 53.8 Å². The van der Waals surface area contributed by atoms with E-state index in [1.165, 1.54) is 6.92 Å². The maximum atomic E-state index is 12.3. The minimum absolute atomic E-state index is 0.168. The van der Waals surface area contributed by atoms with Gasteiger partial charge in [-0.25, -0.2) is 0 Å². The van der Waals surface area contributed by atoms with Gasteiger partial charge in [0.05, 0.1) is 6.61 Å². The normalized spacial score (nSPS) is 30.7. The number of halogens is 3. The van der Waals surface area contributed by atoms with E-state index in [0.717, 1.165) is 6.92 Å². The van der Waals surface area contributed by atoms with E-state index in [1.807, 2.05) is 0 Å². The Hall–Kier alpha value is -1.09. The lowest BCUT2D eigenvalue weighted by Gasteiger charge is -2.41. The number of aliphatic imine (C=N–C) groups is 1. The lowest BCUT2D eigenvalue weighted by molar-refractivity contribution is -0.239. The number of esters is 2. The summed E-state index contributed by atoms with van der Waals surface area (Å²) in [5, 5.41) is 0. The summed E-state index contributed by atoms with van der Waals surface area (Å²) < 4.78 is 18.7. The van der Waals surface area contributed by atoms with Crippen molar-refractivity contribution in [2.45, 2.75) is 36.1 Å². The highest BCUT2D eigenvalue weighted by Crippen LogP contribution is 2.37. The Balaban J connectivity index is 2.30. The number of amides is 1. The molecule has 128 valence electrons. The molecule has 0 aromatic rings. The van der Waals surface area contributed by atoms with Gasteiger partial charge >= 0.3 is 11.9 Å². The lowest BCUT2D eigenvalue weighted by Crippen LogP contribution is -2.58. The minimum Gasteiger partial charge on any atom is -0.457 e. The number of fused-ring (bicyclic) bond motifs is 1. The number of alkyl halides is 3. The molecule has 1 amide bonds. The number of rotatable bonds is 2. The van der Waals surface area contributed by atoms with Crippen LogP contribution in [-0.2, 0) is 33.3 Å². The zero-order valence-corrected chi connectivity index (χ0v) is 14.2. The largest absolute Gasteiger partial charge is 0.457 e. The maximum absolute atomic E-state index is 12.3. The molecule has 0 saturated carbocycles. The average Bonchev–Trinajstić information content (AvgIpc) is 2.38. The molecular weight excluding hydrogens is 376 g/mol. The molecule has 8 nitrogen and oxygen atoms in total. The molecule has 0 unspecified atom stereocenters. The van der Waals surface area contributed by atoms with Crippen molar-refractivity contribution >= 4 is 58.5 Å². The van der Waals surface area contributed by atoms with Crippen LogP contribution in [0.1, 0.15) is 13.8 Å². The van der Waals surface area contributed by atoms with Crippen molar-refractivity contribution in [3.63, 3.8) is 0 Å². The van der Waals surface area contributed by atoms with Crippen LogP contribution < -0.4 is 0 Å². The minimum atomic E-state index is -2.05. The van der Waals surface area contributed by atoms with E-state index in [-0.39, 0.29) is 6.61 Å². The second kappa shape index (κ2) is 6.80. The van der Waals surface area contributed by atoms with Gasteiger partial charge < -0.3 is 18.9 Å². The van der Waals surface area contributed by atoms with Crippen LogP contribution in [0, 0.1) is 5.92 Å². The van der Waals surface area contributed by atoms with Crippen molar-refractivity contribution < 1.29 is 33.3 Å². The van der Waals surface area contributed by atoms with E-state index < -0.39 is 52.0 Å². The van der Waals surface area contributed by atoms with Gasteiger partial charge in [-0.15, -0.1) is 0 Å². The van der Waals surface area contributed by atoms with Crippen molar-refractivity contribution in [1.82, 2.24) is 0 Å². The van der Waals surface area contributed by atoms with Crippen LogP contribution in [0.5, 0.6) is 0 Å². The first kappa shape index (κ1) is 18.3. The van der Waals surface area contributed by atoms with Crippen molar-refractivity contribution in [3.8, 4) is 0 Å². The summed E-state index contributed by atoms with van der Waals surface area (Å²) >= 11 is 16.9. The Kier molecular flexibility index (Phi) is 5.40. The fourth-order valence-electron chi connectivity index (χ4n) is 2.23. The van der Waals surface area contributed by atoms with E-state index >= 15 is 0 Å². The number of hydrogen-bond donors (Lipinski definition) is 0. The first-order chi connectivity index (χ1) is 10.6. The van der Waals surface area contributed by atoms with Crippen molar-refractivity contribution in [1.29, 1.82) is 0 Å². The molecule has 11 heteroatoms. The van der Waals surface area contributed by atoms with Crippen LogP contribution in [0.3, 0.4) is 0 Å². The molecule has 2 aliphatic heterocycles. The molecule has 0 radical (unpaired) electrons. The third kappa shape index (κ3) is 4.26. The SMILES string of the molecule is CC(=O)O[C@H]1[C@@H]2C(=O)N=C(C(Cl)(Cl)Cl)O[C@@H]2OC[C@@H]1OC(C)=O. The monoisotopic (exact) mass is 387 g/mol. The van der Waals surface area contributed by atoms with Gasteiger partial charge in [0.1, 0.15) is 5.92 Å². The van der Waals surface area contributed by atoms with Gasteiger partial charge in [0.15, 0.2) is 12.2 Å². The molecule has 0 aliphatic carbocycles. The summed E-state index contributed by atoms with van der Waals surface area (Å²) in [7, 11) is 0. The summed E-state index contributed by atoms with van der Waals surface area (Å²) in [6.07, 6.45) is -3.28. The number of carbonyl (C=O) groups excluding carboxylic acids is 3. The van der Waals surface area contributed by atoms with Crippen LogP contribution in [-0.4, -0.2) is 52.6 Å². The molecular formula is C12H12Cl3NO7. The van der Waals surface area contributed by atoms with Crippen molar-refractivity contribution in [2.75, 3.05) is 6.61 Å². The van der Waals surface area contributed by atoms with Gasteiger partial charge in [-0.05, 0) is 0 Å². The molecule has 1 saturated heterocycles. The first-order valence-corrected chi connectivity index (χ1v) is 7.55. The summed E-state index contributed by atoms with van der Waals surface area (Å²) in [4.78, 5) is 38.3. The molecule has 1 fully saturated rings. The molecule has 0 aromatic heterocycles. The van der Waals surface area contributed by atoms with Gasteiger partial charge in [0.2, 0.25) is 12.2 Å². The maximum Gasteiger partial charge on any atom is 0.303 e. The number of carbonyl (C=O) groups is 3. The number of hydrogen-bond acceptors (Lipinski definition) is 7. The Morgan fingerprint density at radius 1 is 1.22 bits per heavy atom. The molecule has 0 N–H and O–H groups in total. The van der Waals surface area contributed by atoms with E-state index in [0.29, 0.717) is 0 Å². The van der Waals surface area contributed by atoms with Gasteiger partial charge in [0.25, 0.3) is 9.70 Å². The van der Waals surface area contributed by atoms with E-state index in [1.54, 1.807) is 0 Å². The second-order valence-electron chi connectivity index (χ2n) is 4.82. The third-order valence-corrected chi connectivity index (χ3v) is 3.51. The van der Waals surface area contributed by atoms with Crippen LogP contribution in [0.4, 0.5) is 0 Å². The molecule has 2 rings (SSSR count). The Bertz CT molecular complexity index is 559. The Morgan fingerprint density at radius 3 is 2.35 bits per heavy atom. The number of ether oxygens (including phenoxy) is 4. The molecule has 0 bridgehead atoms. The summed E-state index contributed by atoms with van der Waals surface area (Å²) in [6.45, 7) is 2.16. The fraction of sp³-hybridized carbons (Fsp3) is 0.667. The first-order valence-electron chi connectivity index (χ1n) is 6.42. The predicted octanol–water partition coefficient (Wildman–Crippen LogP) is 1.15. The van der Waals surface area contributed by atoms with E-state index in [2.05, 4.69) is 4.99 Å². The molecule has 4 atom stereocenters. The fourth-order valence-corrected chi connectivity index (χ4v) is 2.50. The van der Waals surface area contributed by atoms with Crippen molar-refractivity contribution in [2.24, 2.45) is 10.9 Å². The molecule has 2 heterocycles. The Morgan fingerprint density at radius 2 is 1.83 bits per heavy atom. The average molecular weight is 389 g/mol. The highest BCUT2D eigenvalue weighted by molar-refractivity contribution is 6.76. The smallest absolute Gasteiger partial charge is 0.303 e. The predicted molar refractivity (Wildman–Crippen MR) is 78.2 cm³/mol. The van der Waals surface area contributed by atoms with Crippen LogP contribution in [0.15, 0.2) is 4.99 Å².